The molecule has 0 saturated heterocycles. The summed E-state index contributed by atoms with van der Waals surface area (Å²) in [4.78, 5) is 17.2. The van der Waals surface area contributed by atoms with Crippen LogP contribution in [0.5, 0.6) is 17.2 Å². The number of rotatable bonds is 9. The van der Waals surface area contributed by atoms with Crippen molar-refractivity contribution in [3.8, 4) is 40.2 Å². The van der Waals surface area contributed by atoms with E-state index in [1.165, 1.54) is 21.3 Å². The monoisotopic (exact) mass is 448 g/mol. The first-order valence-corrected chi connectivity index (χ1v) is 10.3. The van der Waals surface area contributed by atoms with Crippen molar-refractivity contribution in [1.82, 2.24) is 20.0 Å². The van der Waals surface area contributed by atoms with Gasteiger partial charge in [-0.25, -0.2) is 0 Å². The summed E-state index contributed by atoms with van der Waals surface area (Å²) < 4.78 is 23.3. The van der Waals surface area contributed by atoms with Crippen molar-refractivity contribution in [2.24, 2.45) is 0 Å². The minimum atomic E-state index is -0.257. The van der Waals surface area contributed by atoms with Crippen molar-refractivity contribution in [2.75, 3.05) is 27.9 Å². The van der Waals surface area contributed by atoms with Crippen molar-refractivity contribution < 1.29 is 23.5 Å². The minimum absolute atomic E-state index is 0.257. The Kier molecular flexibility index (Phi) is 6.58. The number of hydrogen-bond acceptors (Lipinski definition) is 7. The Morgan fingerprint density at radius 1 is 1.00 bits per heavy atom. The summed E-state index contributed by atoms with van der Waals surface area (Å²) >= 11 is 0. The Labute approximate surface area is 190 Å². The number of hydrogen-bond donors (Lipinski definition) is 1. The predicted octanol–water partition coefficient (Wildman–Crippen LogP) is 3.66. The van der Waals surface area contributed by atoms with Gasteiger partial charge in [0.1, 0.15) is 5.69 Å². The van der Waals surface area contributed by atoms with E-state index in [0.29, 0.717) is 47.6 Å². The average Bonchev–Trinajstić information content (AvgIpc) is 3.53. The van der Waals surface area contributed by atoms with Gasteiger partial charge in [-0.1, -0.05) is 35.5 Å². The van der Waals surface area contributed by atoms with Gasteiger partial charge in [-0.05, 0) is 24.3 Å². The van der Waals surface area contributed by atoms with Crippen LogP contribution in [0.4, 0.5) is 0 Å². The molecule has 0 fully saturated rings. The van der Waals surface area contributed by atoms with Gasteiger partial charge in [-0.3, -0.25) is 4.79 Å². The van der Waals surface area contributed by atoms with E-state index >= 15 is 0 Å². The largest absolute Gasteiger partial charge is 0.493 e. The lowest BCUT2D eigenvalue weighted by Gasteiger charge is -2.14. The summed E-state index contributed by atoms with van der Waals surface area (Å²) in [6.07, 6.45) is 1.90. The van der Waals surface area contributed by atoms with E-state index < -0.39 is 0 Å². The molecule has 2 aromatic heterocycles. The summed E-state index contributed by atoms with van der Waals surface area (Å²) in [6.45, 7) is 0.901. The lowest BCUT2D eigenvalue weighted by atomic mass is 10.1. The second-order valence-corrected chi connectivity index (χ2v) is 7.05. The van der Waals surface area contributed by atoms with Crippen LogP contribution in [0.25, 0.3) is 23.0 Å². The van der Waals surface area contributed by atoms with Gasteiger partial charge in [-0.2, -0.15) is 4.98 Å². The number of ether oxygens (including phenoxy) is 3. The number of nitrogens with one attached hydrogen (secondary N) is 1. The number of carbonyl (C=O) groups is 1. The highest BCUT2D eigenvalue weighted by molar-refractivity contribution is 5.95. The molecular weight excluding hydrogens is 424 g/mol. The number of aromatic nitrogens is 3. The molecule has 170 valence electrons. The van der Waals surface area contributed by atoms with Gasteiger partial charge < -0.3 is 28.6 Å². The predicted molar refractivity (Wildman–Crippen MR) is 122 cm³/mol. The fraction of sp³-hybridized carbons (Fsp3) is 0.208. The lowest BCUT2D eigenvalue weighted by Crippen LogP contribution is -2.27. The zero-order valence-corrected chi connectivity index (χ0v) is 18.6. The van der Waals surface area contributed by atoms with E-state index in [0.717, 1.165) is 11.3 Å². The van der Waals surface area contributed by atoms with Crippen molar-refractivity contribution in [3.05, 3.63) is 66.4 Å². The number of carbonyl (C=O) groups excluding carboxylic acids is 1. The first-order chi connectivity index (χ1) is 16.1. The maximum atomic E-state index is 12.7. The molecule has 9 nitrogen and oxygen atoms in total. The molecule has 9 heteroatoms. The van der Waals surface area contributed by atoms with E-state index in [1.807, 2.05) is 53.2 Å². The second-order valence-electron chi connectivity index (χ2n) is 7.05. The van der Waals surface area contributed by atoms with Crippen LogP contribution in [-0.2, 0) is 6.54 Å². The second kappa shape index (κ2) is 9.90. The van der Waals surface area contributed by atoms with E-state index in [1.54, 1.807) is 12.1 Å². The van der Waals surface area contributed by atoms with E-state index in [-0.39, 0.29) is 5.91 Å². The first kappa shape index (κ1) is 21.9. The van der Waals surface area contributed by atoms with Gasteiger partial charge in [-0.15, -0.1) is 0 Å². The molecular formula is C24H24N4O5. The third-order valence-electron chi connectivity index (χ3n) is 5.07. The van der Waals surface area contributed by atoms with Crippen LogP contribution >= 0.6 is 0 Å². The Hall–Kier alpha value is -4.27. The van der Waals surface area contributed by atoms with Crippen molar-refractivity contribution in [3.63, 3.8) is 0 Å². The Morgan fingerprint density at radius 3 is 2.39 bits per heavy atom. The van der Waals surface area contributed by atoms with Crippen molar-refractivity contribution in [2.45, 2.75) is 6.54 Å². The van der Waals surface area contributed by atoms with Gasteiger partial charge >= 0.3 is 0 Å². The quantitative estimate of drug-likeness (QED) is 0.417. The lowest BCUT2D eigenvalue weighted by molar-refractivity contribution is 0.0951. The molecule has 4 rings (SSSR count). The van der Waals surface area contributed by atoms with Crippen LogP contribution < -0.4 is 19.5 Å². The third kappa shape index (κ3) is 4.67. The normalized spacial score (nSPS) is 10.6. The fourth-order valence-corrected chi connectivity index (χ4v) is 3.44. The molecule has 0 spiro atoms. The molecule has 2 aromatic carbocycles. The Balaban J connectivity index is 1.43. The van der Waals surface area contributed by atoms with Gasteiger partial charge in [0, 0.05) is 30.4 Å². The van der Waals surface area contributed by atoms with E-state index in [2.05, 4.69) is 15.5 Å². The molecule has 0 saturated carbocycles. The topological polar surface area (TPSA) is 101 Å². The van der Waals surface area contributed by atoms with Gasteiger partial charge in [0.05, 0.1) is 21.3 Å². The van der Waals surface area contributed by atoms with Crippen LogP contribution in [0.2, 0.25) is 0 Å². The van der Waals surface area contributed by atoms with Crippen LogP contribution in [-0.4, -0.2) is 48.5 Å². The number of methoxy groups -OCH3 is 3. The molecule has 0 aliphatic heterocycles. The molecule has 0 aliphatic rings. The average molecular weight is 448 g/mol. The molecule has 33 heavy (non-hydrogen) atoms. The third-order valence-corrected chi connectivity index (χ3v) is 5.07. The molecule has 1 N–H and O–H groups in total. The van der Waals surface area contributed by atoms with E-state index in [4.69, 9.17) is 18.7 Å². The Bertz CT molecular complexity index is 1210. The molecule has 0 aliphatic carbocycles. The summed E-state index contributed by atoms with van der Waals surface area (Å²) in [5.41, 5.74) is 2.05. The summed E-state index contributed by atoms with van der Waals surface area (Å²) in [6, 6.07) is 16.6. The van der Waals surface area contributed by atoms with E-state index in [9.17, 15) is 4.79 Å². The summed E-state index contributed by atoms with van der Waals surface area (Å²) in [5, 5.41) is 6.98. The molecule has 0 radical (unpaired) electrons. The fourth-order valence-electron chi connectivity index (χ4n) is 3.44. The molecule has 2 heterocycles. The molecule has 0 atom stereocenters. The smallest absolute Gasteiger partial charge is 0.274 e. The summed E-state index contributed by atoms with van der Waals surface area (Å²) in [5.74, 6) is 1.94. The van der Waals surface area contributed by atoms with Crippen LogP contribution in [0.15, 0.2) is 65.3 Å². The van der Waals surface area contributed by atoms with Crippen LogP contribution in [0.3, 0.4) is 0 Å². The van der Waals surface area contributed by atoms with Gasteiger partial charge in [0.15, 0.2) is 11.5 Å². The van der Waals surface area contributed by atoms with Crippen LogP contribution in [0, 0.1) is 0 Å². The molecule has 0 unspecified atom stereocenters. The summed E-state index contributed by atoms with van der Waals surface area (Å²) in [7, 11) is 4.53. The molecule has 1 amide bonds. The zero-order valence-electron chi connectivity index (χ0n) is 18.6. The highest BCUT2D eigenvalue weighted by atomic mass is 16.5. The van der Waals surface area contributed by atoms with Crippen molar-refractivity contribution in [1.29, 1.82) is 0 Å². The first-order valence-electron chi connectivity index (χ1n) is 10.3. The van der Waals surface area contributed by atoms with Gasteiger partial charge in [0.25, 0.3) is 11.8 Å². The highest BCUT2D eigenvalue weighted by Crippen LogP contribution is 2.38. The van der Waals surface area contributed by atoms with Gasteiger partial charge in [0.2, 0.25) is 11.6 Å². The van der Waals surface area contributed by atoms with Crippen LogP contribution in [0.1, 0.15) is 10.4 Å². The van der Waals surface area contributed by atoms with Crippen molar-refractivity contribution >= 4 is 5.91 Å². The highest BCUT2D eigenvalue weighted by Gasteiger charge is 2.17. The molecule has 0 bridgehead atoms. The number of benzene rings is 2. The number of amides is 1. The maximum absolute atomic E-state index is 12.7. The zero-order chi connectivity index (χ0) is 23.2. The standard InChI is InChI=1S/C24H24N4O5/c1-30-19-14-17(15-20(31-2)21(19)32-3)23(29)25-11-13-28-12-7-10-18(28)24-26-22(27-33-24)16-8-5-4-6-9-16/h4-10,12,14-15H,11,13H2,1-3H3,(H,25,29). The number of nitrogens with zero attached hydrogens (tertiary/aromatic N) is 3. The Morgan fingerprint density at radius 2 is 1.73 bits per heavy atom. The maximum Gasteiger partial charge on any atom is 0.274 e. The minimum Gasteiger partial charge on any atom is -0.493 e. The SMILES string of the molecule is COc1cc(C(=O)NCCn2cccc2-c2nc(-c3ccccc3)no2)cc(OC)c1OC. The molecule has 4 aromatic rings.